The average Bonchev–Trinajstić information content (AvgIpc) is 2.29. The van der Waals surface area contributed by atoms with E-state index in [1.165, 1.54) is 12.8 Å². The first kappa shape index (κ1) is 10.4. The van der Waals surface area contributed by atoms with E-state index < -0.39 is 0 Å². The first-order valence-electron chi connectivity index (χ1n) is 5.54. The minimum atomic E-state index is 0.698. The largest absolute Gasteiger partial charge is 0.356 e. The van der Waals surface area contributed by atoms with Crippen LogP contribution in [0.5, 0.6) is 0 Å². The van der Waals surface area contributed by atoms with Gasteiger partial charge >= 0.3 is 0 Å². The number of nitrogens with zero attached hydrogens (tertiary/aromatic N) is 3. The molecule has 4 heteroatoms. The van der Waals surface area contributed by atoms with Gasteiger partial charge in [-0.25, -0.2) is 9.97 Å². The molecule has 15 heavy (non-hydrogen) atoms. The number of hydrogen-bond acceptors (Lipinski definition) is 4. The molecular weight excluding hydrogens is 188 g/mol. The Labute approximate surface area is 90.5 Å². The van der Waals surface area contributed by atoms with Gasteiger partial charge in [0.15, 0.2) is 0 Å². The molecule has 0 amide bonds. The van der Waals surface area contributed by atoms with Crippen LogP contribution in [0.15, 0.2) is 12.3 Å². The molecule has 0 atom stereocenters. The van der Waals surface area contributed by atoms with E-state index in [0.29, 0.717) is 5.92 Å². The fourth-order valence-electron chi connectivity index (χ4n) is 2.02. The normalized spacial score (nSPS) is 18.1. The van der Waals surface area contributed by atoms with E-state index in [2.05, 4.69) is 14.9 Å². The van der Waals surface area contributed by atoms with Crippen molar-refractivity contribution in [3.63, 3.8) is 0 Å². The van der Waals surface area contributed by atoms with Gasteiger partial charge in [-0.15, -0.1) is 0 Å². The molecule has 0 radical (unpaired) electrons. The molecule has 2 N–H and O–H groups in total. The summed E-state index contributed by atoms with van der Waals surface area (Å²) in [5, 5.41) is 0. The van der Waals surface area contributed by atoms with Crippen LogP contribution in [0.2, 0.25) is 0 Å². The third-order valence-electron chi connectivity index (χ3n) is 3.03. The molecule has 1 saturated heterocycles. The molecule has 2 heterocycles. The van der Waals surface area contributed by atoms with Crippen molar-refractivity contribution in [2.75, 3.05) is 24.5 Å². The summed E-state index contributed by atoms with van der Waals surface area (Å²) in [5.74, 6) is 2.59. The van der Waals surface area contributed by atoms with Crippen molar-refractivity contribution in [3.05, 3.63) is 18.1 Å². The van der Waals surface area contributed by atoms with Gasteiger partial charge in [0.05, 0.1) is 0 Å². The van der Waals surface area contributed by atoms with Gasteiger partial charge in [-0.2, -0.15) is 0 Å². The third-order valence-corrected chi connectivity index (χ3v) is 3.03. The van der Waals surface area contributed by atoms with Crippen molar-refractivity contribution in [1.29, 1.82) is 0 Å². The van der Waals surface area contributed by atoms with E-state index in [4.69, 9.17) is 5.73 Å². The summed E-state index contributed by atoms with van der Waals surface area (Å²) in [6.45, 7) is 4.88. The van der Waals surface area contributed by atoms with E-state index in [-0.39, 0.29) is 0 Å². The standard InChI is InChI=1S/C11H18N4/c1-9-13-5-2-11(14-9)15-6-3-10(8-12)4-7-15/h2,5,10H,3-4,6-8,12H2,1H3. The van der Waals surface area contributed by atoms with Crippen LogP contribution in [0.25, 0.3) is 0 Å². The zero-order valence-electron chi connectivity index (χ0n) is 9.19. The molecule has 1 fully saturated rings. The summed E-state index contributed by atoms with van der Waals surface area (Å²) >= 11 is 0. The summed E-state index contributed by atoms with van der Waals surface area (Å²) in [6.07, 6.45) is 4.19. The van der Waals surface area contributed by atoms with E-state index >= 15 is 0 Å². The molecule has 0 saturated carbocycles. The Bertz CT molecular complexity index is 318. The molecule has 0 spiro atoms. The Morgan fingerprint density at radius 1 is 1.47 bits per heavy atom. The summed E-state index contributed by atoms with van der Waals surface area (Å²) in [6, 6.07) is 1.98. The van der Waals surface area contributed by atoms with Gasteiger partial charge in [0, 0.05) is 19.3 Å². The van der Waals surface area contributed by atoms with Gasteiger partial charge in [0.25, 0.3) is 0 Å². The topological polar surface area (TPSA) is 55.0 Å². The number of rotatable bonds is 2. The van der Waals surface area contributed by atoms with Gasteiger partial charge in [-0.3, -0.25) is 0 Å². The van der Waals surface area contributed by atoms with E-state index in [1.54, 1.807) is 0 Å². The summed E-state index contributed by atoms with van der Waals surface area (Å²) in [4.78, 5) is 10.9. The lowest BCUT2D eigenvalue weighted by molar-refractivity contribution is 0.413. The lowest BCUT2D eigenvalue weighted by atomic mass is 9.97. The molecule has 82 valence electrons. The van der Waals surface area contributed by atoms with Crippen LogP contribution < -0.4 is 10.6 Å². The molecule has 0 aliphatic carbocycles. The van der Waals surface area contributed by atoms with Crippen LogP contribution in [0.4, 0.5) is 5.82 Å². The number of hydrogen-bond donors (Lipinski definition) is 1. The molecule has 1 aliphatic rings. The summed E-state index contributed by atoms with van der Waals surface area (Å²) in [7, 11) is 0. The number of anilines is 1. The number of piperidine rings is 1. The number of aromatic nitrogens is 2. The minimum absolute atomic E-state index is 0.698. The summed E-state index contributed by atoms with van der Waals surface area (Å²) < 4.78 is 0. The maximum Gasteiger partial charge on any atom is 0.132 e. The second-order valence-corrected chi connectivity index (χ2v) is 4.13. The molecule has 1 aromatic heterocycles. The third kappa shape index (κ3) is 2.45. The van der Waals surface area contributed by atoms with E-state index in [9.17, 15) is 0 Å². The first-order valence-corrected chi connectivity index (χ1v) is 5.54. The molecule has 4 nitrogen and oxygen atoms in total. The van der Waals surface area contributed by atoms with Crippen LogP contribution >= 0.6 is 0 Å². The van der Waals surface area contributed by atoms with Crippen molar-refractivity contribution >= 4 is 5.82 Å². The Hall–Kier alpha value is -1.16. The fraction of sp³-hybridized carbons (Fsp3) is 0.636. The highest BCUT2D eigenvalue weighted by atomic mass is 15.2. The zero-order valence-corrected chi connectivity index (χ0v) is 9.19. The molecule has 2 rings (SSSR count). The minimum Gasteiger partial charge on any atom is -0.356 e. The summed E-state index contributed by atoms with van der Waals surface area (Å²) in [5.41, 5.74) is 5.67. The molecular formula is C11H18N4. The van der Waals surface area contributed by atoms with Gasteiger partial charge < -0.3 is 10.6 Å². The Morgan fingerprint density at radius 2 is 2.20 bits per heavy atom. The predicted octanol–water partition coefficient (Wildman–Crippen LogP) is 0.960. The molecule has 0 aromatic carbocycles. The van der Waals surface area contributed by atoms with Crippen LogP contribution in [0, 0.1) is 12.8 Å². The van der Waals surface area contributed by atoms with Crippen molar-refractivity contribution in [1.82, 2.24) is 9.97 Å². The van der Waals surface area contributed by atoms with Crippen LogP contribution in [0.1, 0.15) is 18.7 Å². The molecule has 1 aliphatic heterocycles. The lowest BCUT2D eigenvalue weighted by Crippen LogP contribution is -2.36. The SMILES string of the molecule is Cc1nccc(N2CCC(CN)CC2)n1. The Kier molecular flexibility index (Phi) is 3.16. The molecule has 1 aromatic rings. The number of nitrogens with two attached hydrogens (primary N) is 1. The van der Waals surface area contributed by atoms with Gasteiger partial charge in [-0.05, 0) is 38.3 Å². The molecule has 0 bridgehead atoms. The second-order valence-electron chi connectivity index (χ2n) is 4.13. The van der Waals surface area contributed by atoms with E-state index in [0.717, 1.165) is 31.3 Å². The van der Waals surface area contributed by atoms with Crippen molar-refractivity contribution in [2.45, 2.75) is 19.8 Å². The van der Waals surface area contributed by atoms with Crippen LogP contribution in [-0.2, 0) is 0 Å². The first-order chi connectivity index (χ1) is 7.29. The number of aryl methyl sites for hydroxylation is 1. The Morgan fingerprint density at radius 3 is 2.80 bits per heavy atom. The fourth-order valence-corrected chi connectivity index (χ4v) is 2.02. The van der Waals surface area contributed by atoms with Crippen LogP contribution in [0.3, 0.4) is 0 Å². The zero-order chi connectivity index (χ0) is 10.7. The smallest absolute Gasteiger partial charge is 0.132 e. The highest BCUT2D eigenvalue weighted by molar-refractivity contribution is 5.37. The van der Waals surface area contributed by atoms with Crippen molar-refractivity contribution in [3.8, 4) is 0 Å². The van der Waals surface area contributed by atoms with Gasteiger partial charge in [0.2, 0.25) is 0 Å². The maximum absolute atomic E-state index is 5.67. The van der Waals surface area contributed by atoms with E-state index in [1.807, 2.05) is 19.2 Å². The van der Waals surface area contributed by atoms with Gasteiger partial charge in [-0.1, -0.05) is 0 Å². The molecule has 0 unspecified atom stereocenters. The quantitative estimate of drug-likeness (QED) is 0.783. The van der Waals surface area contributed by atoms with Gasteiger partial charge in [0.1, 0.15) is 11.6 Å². The lowest BCUT2D eigenvalue weighted by Gasteiger charge is -2.32. The maximum atomic E-state index is 5.67. The highest BCUT2D eigenvalue weighted by Gasteiger charge is 2.18. The van der Waals surface area contributed by atoms with Crippen molar-refractivity contribution in [2.24, 2.45) is 11.7 Å². The second kappa shape index (κ2) is 4.57. The predicted molar refractivity (Wildman–Crippen MR) is 60.8 cm³/mol. The van der Waals surface area contributed by atoms with Crippen LogP contribution in [-0.4, -0.2) is 29.6 Å². The Balaban J connectivity index is 2.01. The average molecular weight is 206 g/mol. The monoisotopic (exact) mass is 206 g/mol. The van der Waals surface area contributed by atoms with Crippen molar-refractivity contribution < 1.29 is 0 Å². The highest BCUT2D eigenvalue weighted by Crippen LogP contribution is 2.20.